The van der Waals surface area contributed by atoms with Crippen molar-refractivity contribution in [2.45, 2.75) is 18.8 Å². The molecule has 0 radical (unpaired) electrons. The van der Waals surface area contributed by atoms with Crippen molar-refractivity contribution in [3.8, 4) is 5.75 Å². The molecule has 5 rings (SSSR count). The second-order valence-electron chi connectivity index (χ2n) is 8.93. The van der Waals surface area contributed by atoms with E-state index in [4.69, 9.17) is 26.4 Å². The summed E-state index contributed by atoms with van der Waals surface area (Å²) in [5.41, 5.74) is 19.2. The first-order valence-electron chi connectivity index (χ1n) is 11.5. The summed E-state index contributed by atoms with van der Waals surface area (Å²) in [6.45, 7) is 0.837. The molecule has 36 heavy (non-hydrogen) atoms. The average Bonchev–Trinajstić information content (AvgIpc) is 3.28. The number of fused-ring (bicyclic) bond motifs is 2. The molecule has 0 aliphatic carbocycles. The number of primary amides is 2. The number of rotatable bonds is 6. The summed E-state index contributed by atoms with van der Waals surface area (Å²) in [6.07, 6.45) is 1.41. The van der Waals surface area contributed by atoms with Crippen molar-refractivity contribution >= 4 is 45.2 Å². The molecular weight excluding hydrogens is 464 g/mol. The first-order valence-corrected chi connectivity index (χ1v) is 11.5. The number of aryl methyl sites for hydroxylation is 1. The van der Waals surface area contributed by atoms with Gasteiger partial charge in [-0.1, -0.05) is 0 Å². The average molecular weight is 491 g/mol. The van der Waals surface area contributed by atoms with Crippen LogP contribution in [-0.4, -0.2) is 41.1 Å². The minimum atomic E-state index is -0.791. The largest absolute Gasteiger partial charge is 0.484 e. The van der Waals surface area contributed by atoms with Crippen molar-refractivity contribution in [3.63, 3.8) is 0 Å². The molecule has 0 atom stereocenters. The van der Waals surface area contributed by atoms with Gasteiger partial charge in [0.25, 0.3) is 17.4 Å². The summed E-state index contributed by atoms with van der Waals surface area (Å²) in [5.74, 6) is -0.294. The molecule has 1 aliphatic heterocycles. The molecule has 3 heterocycles. The van der Waals surface area contributed by atoms with Gasteiger partial charge in [-0.25, -0.2) is 4.98 Å². The maximum Gasteiger partial charge on any atom is 0.265 e. The van der Waals surface area contributed by atoms with E-state index in [0.717, 1.165) is 5.52 Å². The number of aromatic nitrogens is 2. The number of carbonyl (C=O) groups excluding carboxylic acids is 2. The molecule has 11 nitrogen and oxygen atoms in total. The van der Waals surface area contributed by atoms with Gasteiger partial charge < -0.3 is 35.8 Å². The molecule has 1 aliphatic rings. The van der Waals surface area contributed by atoms with Crippen LogP contribution in [0.15, 0.2) is 45.6 Å². The molecule has 2 aromatic heterocycles. The van der Waals surface area contributed by atoms with Crippen molar-refractivity contribution in [1.29, 1.82) is 0 Å². The van der Waals surface area contributed by atoms with Gasteiger partial charge in [-0.15, -0.1) is 0 Å². The molecule has 0 bridgehead atoms. The van der Waals surface area contributed by atoms with Crippen LogP contribution < -0.4 is 32.4 Å². The second-order valence-corrected chi connectivity index (χ2v) is 8.93. The Balaban J connectivity index is 1.49. The van der Waals surface area contributed by atoms with Crippen molar-refractivity contribution in [1.82, 2.24) is 9.55 Å². The van der Waals surface area contributed by atoms with Gasteiger partial charge in [-0.2, -0.15) is 0 Å². The Bertz CT molecular complexity index is 1560. The van der Waals surface area contributed by atoms with Crippen LogP contribution in [0, 0.1) is 0 Å². The zero-order chi connectivity index (χ0) is 25.6. The predicted octanol–water partition coefficient (Wildman–Crippen LogP) is 1.61. The number of hydrogen-bond acceptors (Lipinski definition) is 8. The maximum absolute atomic E-state index is 13.2. The van der Waals surface area contributed by atoms with E-state index in [1.165, 1.54) is 4.57 Å². The highest BCUT2D eigenvalue weighted by atomic mass is 16.5. The zero-order valence-electron chi connectivity index (χ0n) is 19.7. The lowest BCUT2D eigenvalue weighted by Crippen LogP contribution is -2.38. The smallest absolute Gasteiger partial charge is 0.265 e. The van der Waals surface area contributed by atoms with E-state index < -0.39 is 17.4 Å². The lowest BCUT2D eigenvalue weighted by molar-refractivity contribution is -0.119. The van der Waals surface area contributed by atoms with Crippen LogP contribution in [-0.2, 0) is 11.8 Å². The van der Waals surface area contributed by atoms with Gasteiger partial charge in [0, 0.05) is 43.2 Å². The Hall–Kier alpha value is -4.54. The Kier molecular flexibility index (Phi) is 5.75. The molecule has 2 aromatic carbocycles. The summed E-state index contributed by atoms with van der Waals surface area (Å²) in [7, 11) is 1.56. The van der Waals surface area contributed by atoms with Crippen LogP contribution in [0.3, 0.4) is 0 Å². The number of hydrogen-bond donors (Lipinski definition) is 3. The van der Waals surface area contributed by atoms with E-state index in [9.17, 15) is 14.4 Å². The number of nitrogen functional groups attached to an aromatic ring is 1. The Morgan fingerprint density at radius 2 is 1.89 bits per heavy atom. The molecule has 11 heteroatoms. The fraction of sp³-hybridized carbons (Fsp3) is 0.280. The maximum atomic E-state index is 13.2. The first kappa shape index (κ1) is 23.2. The van der Waals surface area contributed by atoms with E-state index in [2.05, 4.69) is 4.98 Å². The standard InChI is InChI=1S/C25H26N6O5/c1-30-18-11-15(35-12-20(27)32)3-4-16(18)22(21(23(28)33)25(30)34)31-8-6-13(7-9-31)24-29-17-10-14(26)2-5-19(17)36-24/h2-5,10-11,13H,6-9,12,26H2,1H3,(H2,27,32)(H2,28,33). The third kappa shape index (κ3) is 4.08. The number of anilines is 2. The van der Waals surface area contributed by atoms with Gasteiger partial charge in [0.2, 0.25) is 0 Å². The topological polar surface area (TPSA) is 173 Å². The lowest BCUT2D eigenvalue weighted by atomic mass is 9.95. The Labute approximate surface area is 205 Å². The SMILES string of the molecule is Cn1c(=O)c(C(N)=O)c(N2CCC(c3nc4cc(N)ccc4o3)CC2)c2ccc(OCC(N)=O)cc21. The number of ether oxygens (including phenoxy) is 1. The predicted molar refractivity (Wildman–Crippen MR) is 135 cm³/mol. The van der Waals surface area contributed by atoms with Crippen LogP contribution in [0.25, 0.3) is 22.0 Å². The summed E-state index contributed by atoms with van der Waals surface area (Å²) in [4.78, 5) is 43.3. The molecule has 6 N–H and O–H groups in total. The number of oxazole rings is 1. The van der Waals surface area contributed by atoms with Crippen molar-refractivity contribution < 1.29 is 18.7 Å². The van der Waals surface area contributed by atoms with Gasteiger partial charge in [-0.05, 0) is 43.2 Å². The molecule has 2 amide bonds. The summed E-state index contributed by atoms with van der Waals surface area (Å²) in [5, 5.41) is 0.674. The zero-order valence-corrected chi connectivity index (χ0v) is 19.7. The number of pyridine rings is 1. The van der Waals surface area contributed by atoms with E-state index in [1.54, 1.807) is 37.4 Å². The van der Waals surface area contributed by atoms with Gasteiger partial charge in [0.05, 0.1) is 11.2 Å². The number of nitrogens with zero attached hydrogens (tertiary/aromatic N) is 3. The first-order chi connectivity index (χ1) is 17.2. The minimum absolute atomic E-state index is 0.0633. The quantitative estimate of drug-likeness (QED) is 0.342. The minimum Gasteiger partial charge on any atom is -0.484 e. The van der Waals surface area contributed by atoms with Crippen LogP contribution in [0.2, 0.25) is 0 Å². The highest BCUT2D eigenvalue weighted by Gasteiger charge is 2.30. The number of amides is 2. The van der Waals surface area contributed by atoms with Crippen molar-refractivity contribution in [2.24, 2.45) is 18.5 Å². The van der Waals surface area contributed by atoms with Crippen molar-refractivity contribution in [3.05, 3.63) is 58.2 Å². The highest BCUT2D eigenvalue weighted by Crippen LogP contribution is 2.36. The van der Waals surface area contributed by atoms with Gasteiger partial charge >= 0.3 is 0 Å². The van der Waals surface area contributed by atoms with Gasteiger partial charge in [-0.3, -0.25) is 14.4 Å². The molecular formula is C25H26N6O5. The summed E-state index contributed by atoms with van der Waals surface area (Å²) in [6, 6.07) is 10.4. The van der Waals surface area contributed by atoms with E-state index in [-0.39, 0.29) is 18.1 Å². The Morgan fingerprint density at radius 3 is 2.58 bits per heavy atom. The fourth-order valence-corrected chi connectivity index (χ4v) is 4.78. The van der Waals surface area contributed by atoms with E-state index >= 15 is 0 Å². The van der Waals surface area contributed by atoms with Crippen LogP contribution >= 0.6 is 0 Å². The molecule has 0 unspecified atom stereocenters. The highest BCUT2D eigenvalue weighted by molar-refractivity contribution is 6.07. The molecule has 0 saturated carbocycles. The molecule has 4 aromatic rings. The second kappa shape index (κ2) is 8.91. The van der Waals surface area contributed by atoms with Crippen molar-refractivity contribution in [2.75, 3.05) is 30.3 Å². The van der Waals surface area contributed by atoms with Crippen LogP contribution in [0.5, 0.6) is 5.75 Å². The normalized spacial score (nSPS) is 14.4. The molecule has 186 valence electrons. The third-order valence-electron chi connectivity index (χ3n) is 6.56. The summed E-state index contributed by atoms with van der Waals surface area (Å²) >= 11 is 0. The lowest BCUT2D eigenvalue weighted by Gasteiger charge is -2.34. The number of carbonyl (C=O) groups is 2. The number of piperidine rings is 1. The third-order valence-corrected chi connectivity index (χ3v) is 6.56. The van der Waals surface area contributed by atoms with Crippen LogP contribution in [0.1, 0.15) is 35.0 Å². The Morgan fingerprint density at radius 1 is 1.14 bits per heavy atom. The molecule has 1 saturated heterocycles. The van der Waals surface area contributed by atoms with E-state index in [0.29, 0.717) is 65.4 Å². The molecule has 1 fully saturated rings. The molecule has 0 spiro atoms. The van der Waals surface area contributed by atoms with Crippen LogP contribution in [0.4, 0.5) is 11.4 Å². The monoisotopic (exact) mass is 490 g/mol. The summed E-state index contributed by atoms with van der Waals surface area (Å²) < 4.78 is 12.7. The van der Waals surface area contributed by atoms with E-state index in [1.807, 2.05) is 11.0 Å². The number of benzene rings is 2. The van der Waals surface area contributed by atoms with Gasteiger partial charge in [0.1, 0.15) is 16.8 Å². The fourth-order valence-electron chi connectivity index (χ4n) is 4.78. The van der Waals surface area contributed by atoms with Gasteiger partial charge in [0.15, 0.2) is 18.1 Å². The number of nitrogens with two attached hydrogens (primary N) is 3.